The number of benzene rings is 1. The van der Waals surface area contributed by atoms with Crippen molar-refractivity contribution < 1.29 is 24.2 Å². The third-order valence-electron chi connectivity index (χ3n) is 5.84. The Morgan fingerprint density at radius 2 is 2.13 bits per heavy atom. The second-order valence-electron chi connectivity index (χ2n) is 7.63. The topological polar surface area (TPSA) is 108 Å². The van der Waals surface area contributed by atoms with E-state index < -0.39 is 17.5 Å². The summed E-state index contributed by atoms with van der Waals surface area (Å²) in [6.45, 7) is 3.00. The van der Waals surface area contributed by atoms with E-state index in [0.29, 0.717) is 33.1 Å². The van der Waals surface area contributed by atoms with Gasteiger partial charge < -0.3 is 19.1 Å². The van der Waals surface area contributed by atoms with Gasteiger partial charge in [0.05, 0.1) is 34.0 Å². The number of aliphatic hydroxyl groups is 1. The number of carbonyl (C=O) groups excluding carboxylic acids is 2. The van der Waals surface area contributed by atoms with Crippen molar-refractivity contribution in [1.29, 1.82) is 0 Å². The summed E-state index contributed by atoms with van der Waals surface area (Å²) < 4.78 is 11.9. The standard InChI is InChI=1S/C22H17ClN2O6/c1-3-22(29)14-7-16-18-11(8-25(16)20(27)13(14)9-30-21(22)28)6-12-17(31-10(2)26)5-4-15(23)19(12)24-18/h4-7,29H,3,8-9H2,1-2H3. The summed E-state index contributed by atoms with van der Waals surface area (Å²) in [5, 5.41) is 11.8. The Morgan fingerprint density at radius 3 is 2.84 bits per heavy atom. The zero-order valence-corrected chi connectivity index (χ0v) is 17.4. The molecule has 1 N–H and O–H groups in total. The van der Waals surface area contributed by atoms with Gasteiger partial charge in [0, 0.05) is 23.4 Å². The van der Waals surface area contributed by atoms with Crippen LogP contribution >= 0.6 is 11.6 Å². The Labute approximate surface area is 181 Å². The number of halogens is 1. The molecule has 1 unspecified atom stereocenters. The van der Waals surface area contributed by atoms with Gasteiger partial charge in [-0.1, -0.05) is 18.5 Å². The lowest BCUT2D eigenvalue weighted by atomic mass is 9.86. The van der Waals surface area contributed by atoms with Crippen molar-refractivity contribution in [3.05, 3.63) is 56.3 Å². The number of esters is 2. The van der Waals surface area contributed by atoms with Gasteiger partial charge in [-0.25, -0.2) is 9.78 Å². The van der Waals surface area contributed by atoms with Gasteiger partial charge in [0.15, 0.2) is 5.60 Å². The van der Waals surface area contributed by atoms with Crippen LogP contribution in [0.5, 0.6) is 5.75 Å². The summed E-state index contributed by atoms with van der Waals surface area (Å²) >= 11 is 6.36. The van der Waals surface area contributed by atoms with E-state index in [2.05, 4.69) is 4.98 Å². The molecule has 0 saturated heterocycles. The summed E-state index contributed by atoms with van der Waals surface area (Å²) in [5.41, 5.74) is 0.420. The number of nitrogens with zero attached hydrogens (tertiary/aromatic N) is 2. The molecular weight excluding hydrogens is 424 g/mol. The molecule has 4 heterocycles. The minimum absolute atomic E-state index is 0.0668. The third-order valence-corrected chi connectivity index (χ3v) is 6.15. The van der Waals surface area contributed by atoms with E-state index in [0.717, 1.165) is 5.56 Å². The molecule has 9 heteroatoms. The highest BCUT2D eigenvalue weighted by Crippen LogP contribution is 2.40. The molecule has 158 valence electrons. The van der Waals surface area contributed by atoms with Crippen molar-refractivity contribution in [1.82, 2.24) is 9.55 Å². The Balaban J connectivity index is 1.77. The van der Waals surface area contributed by atoms with E-state index in [1.807, 2.05) is 0 Å². The minimum atomic E-state index is -1.89. The Hall–Kier alpha value is -3.23. The van der Waals surface area contributed by atoms with Gasteiger partial charge in [0.1, 0.15) is 12.4 Å². The molecule has 3 aromatic rings. The molecule has 0 spiro atoms. The molecule has 1 aromatic carbocycles. The second kappa shape index (κ2) is 6.63. The van der Waals surface area contributed by atoms with Crippen LogP contribution < -0.4 is 10.3 Å². The van der Waals surface area contributed by atoms with E-state index in [1.54, 1.807) is 31.2 Å². The third kappa shape index (κ3) is 2.72. The molecule has 0 fully saturated rings. The first-order valence-corrected chi connectivity index (χ1v) is 10.1. The summed E-state index contributed by atoms with van der Waals surface area (Å²) in [6, 6.07) is 6.61. The zero-order chi connectivity index (χ0) is 22.1. The summed E-state index contributed by atoms with van der Waals surface area (Å²) in [4.78, 5) is 41.6. The maximum atomic E-state index is 13.2. The summed E-state index contributed by atoms with van der Waals surface area (Å²) in [7, 11) is 0. The quantitative estimate of drug-likeness (QED) is 0.377. The van der Waals surface area contributed by atoms with Gasteiger partial charge in [-0.3, -0.25) is 9.59 Å². The highest BCUT2D eigenvalue weighted by atomic mass is 35.5. The van der Waals surface area contributed by atoms with E-state index in [9.17, 15) is 19.5 Å². The smallest absolute Gasteiger partial charge is 0.343 e. The molecule has 1 atom stereocenters. The first-order chi connectivity index (χ1) is 14.7. The van der Waals surface area contributed by atoms with Gasteiger partial charge in [0.25, 0.3) is 5.56 Å². The van der Waals surface area contributed by atoms with Crippen molar-refractivity contribution >= 4 is 34.4 Å². The summed E-state index contributed by atoms with van der Waals surface area (Å²) in [6.07, 6.45) is 0.0668. The Kier molecular flexibility index (Phi) is 4.22. The molecule has 0 radical (unpaired) electrons. The van der Waals surface area contributed by atoms with Crippen LogP contribution in [0, 0.1) is 0 Å². The Morgan fingerprint density at radius 1 is 1.35 bits per heavy atom. The van der Waals surface area contributed by atoms with E-state index >= 15 is 0 Å². The second-order valence-corrected chi connectivity index (χ2v) is 8.04. The van der Waals surface area contributed by atoms with Crippen molar-refractivity contribution in [2.75, 3.05) is 0 Å². The molecule has 0 saturated carbocycles. The predicted octanol–water partition coefficient (Wildman–Crippen LogP) is 2.66. The average molecular weight is 441 g/mol. The first kappa shape index (κ1) is 19.7. The molecule has 0 amide bonds. The van der Waals surface area contributed by atoms with Crippen LogP contribution in [0.2, 0.25) is 5.02 Å². The number of aromatic nitrogens is 2. The fraction of sp³-hybridized carbons (Fsp3) is 0.273. The van der Waals surface area contributed by atoms with E-state index in [1.165, 1.54) is 11.5 Å². The molecule has 0 aliphatic carbocycles. The molecule has 2 aliphatic rings. The number of fused-ring (bicyclic) bond motifs is 5. The molecule has 5 rings (SSSR count). The SMILES string of the molecule is CCC1(O)C(=O)OCc2c1cc1n(c2=O)Cc2cc3c(OC(C)=O)ccc(Cl)c3nc2-1. The monoisotopic (exact) mass is 440 g/mol. The van der Waals surface area contributed by atoms with Crippen LogP contribution in [0.3, 0.4) is 0 Å². The van der Waals surface area contributed by atoms with Crippen LogP contribution in [0.25, 0.3) is 22.3 Å². The van der Waals surface area contributed by atoms with Crippen molar-refractivity contribution in [2.24, 2.45) is 0 Å². The van der Waals surface area contributed by atoms with Crippen LogP contribution in [-0.2, 0) is 33.1 Å². The number of pyridine rings is 2. The predicted molar refractivity (Wildman–Crippen MR) is 111 cm³/mol. The van der Waals surface area contributed by atoms with E-state index in [4.69, 9.17) is 21.1 Å². The molecule has 2 aliphatic heterocycles. The van der Waals surface area contributed by atoms with Crippen molar-refractivity contribution in [2.45, 2.75) is 39.0 Å². The molecule has 0 bridgehead atoms. The fourth-order valence-corrected chi connectivity index (χ4v) is 4.46. The number of rotatable bonds is 2. The van der Waals surface area contributed by atoms with Gasteiger partial charge in [-0.15, -0.1) is 0 Å². The van der Waals surface area contributed by atoms with Gasteiger partial charge >= 0.3 is 11.9 Å². The van der Waals surface area contributed by atoms with Gasteiger partial charge in [-0.05, 0) is 30.7 Å². The maximum absolute atomic E-state index is 13.2. The van der Waals surface area contributed by atoms with Crippen LogP contribution in [0.1, 0.15) is 37.0 Å². The lowest BCUT2D eigenvalue weighted by molar-refractivity contribution is -0.172. The Bertz CT molecular complexity index is 1380. The number of cyclic esters (lactones) is 1. The number of hydrogen-bond acceptors (Lipinski definition) is 7. The van der Waals surface area contributed by atoms with Crippen LogP contribution in [-0.4, -0.2) is 26.6 Å². The zero-order valence-electron chi connectivity index (χ0n) is 16.7. The highest BCUT2D eigenvalue weighted by Gasteiger charge is 2.45. The number of hydrogen-bond donors (Lipinski definition) is 1. The normalized spacial score (nSPS) is 18.9. The van der Waals surface area contributed by atoms with Crippen molar-refractivity contribution in [3.8, 4) is 17.1 Å². The maximum Gasteiger partial charge on any atom is 0.343 e. The number of carbonyl (C=O) groups is 2. The van der Waals surface area contributed by atoms with Gasteiger partial charge in [-0.2, -0.15) is 0 Å². The number of ether oxygens (including phenoxy) is 2. The molecule has 8 nitrogen and oxygen atoms in total. The van der Waals surface area contributed by atoms with Crippen molar-refractivity contribution in [3.63, 3.8) is 0 Å². The first-order valence-electron chi connectivity index (χ1n) is 9.72. The summed E-state index contributed by atoms with van der Waals surface area (Å²) in [5.74, 6) is -0.922. The minimum Gasteiger partial charge on any atom is -0.458 e. The van der Waals surface area contributed by atoms with Gasteiger partial charge in [0.2, 0.25) is 0 Å². The average Bonchev–Trinajstić information content (AvgIpc) is 3.10. The lowest BCUT2D eigenvalue weighted by Gasteiger charge is -2.31. The molecular formula is C22H17ClN2O6. The largest absolute Gasteiger partial charge is 0.458 e. The fourth-order valence-electron chi connectivity index (χ4n) is 4.25. The van der Waals surface area contributed by atoms with Crippen LogP contribution in [0.15, 0.2) is 29.1 Å². The molecule has 2 aromatic heterocycles. The lowest BCUT2D eigenvalue weighted by Crippen LogP contribution is -2.44. The van der Waals surface area contributed by atoms with Crippen LogP contribution in [0.4, 0.5) is 0 Å². The van der Waals surface area contributed by atoms with E-state index in [-0.39, 0.29) is 36.3 Å². The molecule has 31 heavy (non-hydrogen) atoms. The highest BCUT2D eigenvalue weighted by molar-refractivity contribution is 6.35.